The van der Waals surface area contributed by atoms with E-state index >= 15 is 0 Å². The van der Waals surface area contributed by atoms with Crippen LogP contribution >= 0.6 is 22.9 Å². The van der Waals surface area contributed by atoms with Crippen molar-refractivity contribution in [3.8, 4) is 10.8 Å². The van der Waals surface area contributed by atoms with E-state index in [4.69, 9.17) is 16.0 Å². The van der Waals surface area contributed by atoms with E-state index in [-0.39, 0.29) is 5.35 Å². The van der Waals surface area contributed by atoms with Crippen molar-refractivity contribution in [1.29, 1.82) is 0 Å². The number of halogens is 1. The van der Waals surface area contributed by atoms with Gasteiger partial charge in [-0.15, -0.1) is 16.4 Å². The number of aryl methyl sites for hydroxylation is 1. The van der Waals surface area contributed by atoms with Gasteiger partial charge in [-0.1, -0.05) is 12.0 Å². The van der Waals surface area contributed by atoms with Crippen molar-refractivity contribution in [2.75, 3.05) is 0 Å². The summed E-state index contributed by atoms with van der Waals surface area (Å²) < 4.78 is 5.08. The lowest BCUT2D eigenvalue weighted by atomic mass is 10.4. The van der Waals surface area contributed by atoms with Crippen molar-refractivity contribution in [2.45, 2.75) is 13.3 Å². The summed E-state index contributed by atoms with van der Waals surface area (Å²) in [6.07, 6.45) is 1.02. The van der Waals surface area contributed by atoms with Crippen LogP contribution in [0.15, 0.2) is 16.5 Å². The molecule has 0 N–H and O–H groups in total. The lowest BCUT2D eigenvalue weighted by molar-refractivity contribution is 0.572. The Balaban J connectivity index is 2.35. The maximum absolute atomic E-state index is 5.52. The SMILES string of the molecule is CCc1ccc(-c2nnc(Cl)o2)s1. The first-order valence-corrected chi connectivity index (χ1v) is 5.07. The van der Waals surface area contributed by atoms with E-state index in [2.05, 4.69) is 23.2 Å². The lowest BCUT2D eigenvalue weighted by Gasteiger charge is -1.85. The van der Waals surface area contributed by atoms with Crippen LogP contribution in [0.4, 0.5) is 0 Å². The average molecular weight is 215 g/mol. The van der Waals surface area contributed by atoms with Crippen LogP contribution in [-0.2, 0) is 6.42 Å². The Morgan fingerprint density at radius 1 is 1.46 bits per heavy atom. The van der Waals surface area contributed by atoms with Crippen LogP contribution in [0.1, 0.15) is 11.8 Å². The van der Waals surface area contributed by atoms with Crippen LogP contribution in [-0.4, -0.2) is 10.2 Å². The van der Waals surface area contributed by atoms with E-state index in [1.165, 1.54) is 4.88 Å². The molecule has 0 aliphatic rings. The summed E-state index contributed by atoms with van der Waals surface area (Å²) in [5.74, 6) is 0.495. The maximum Gasteiger partial charge on any atom is 0.313 e. The van der Waals surface area contributed by atoms with Gasteiger partial charge in [-0.2, -0.15) is 0 Å². The van der Waals surface area contributed by atoms with E-state index in [0.717, 1.165) is 11.3 Å². The van der Waals surface area contributed by atoms with Crippen LogP contribution in [0, 0.1) is 0 Å². The average Bonchev–Trinajstić information content (AvgIpc) is 2.71. The number of hydrogen-bond acceptors (Lipinski definition) is 4. The molecule has 0 aromatic carbocycles. The van der Waals surface area contributed by atoms with E-state index in [9.17, 15) is 0 Å². The molecule has 0 bridgehead atoms. The molecule has 0 unspecified atom stereocenters. The molecule has 3 nitrogen and oxygen atoms in total. The Morgan fingerprint density at radius 3 is 2.85 bits per heavy atom. The van der Waals surface area contributed by atoms with Crippen LogP contribution in [0.25, 0.3) is 10.8 Å². The van der Waals surface area contributed by atoms with Crippen molar-refractivity contribution >= 4 is 22.9 Å². The third-order valence-corrected chi connectivity index (χ3v) is 2.99. The second kappa shape index (κ2) is 3.47. The first-order chi connectivity index (χ1) is 6.29. The van der Waals surface area contributed by atoms with Crippen molar-refractivity contribution in [2.24, 2.45) is 0 Å². The smallest absolute Gasteiger partial charge is 0.313 e. The molecule has 2 aromatic rings. The second-order valence-electron chi connectivity index (χ2n) is 2.48. The third kappa shape index (κ3) is 1.73. The van der Waals surface area contributed by atoms with Gasteiger partial charge in [-0.25, -0.2) is 0 Å². The van der Waals surface area contributed by atoms with Gasteiger partial charge in [0.1, 0.15) is 0 Å². The molecule has 2 aromatic heterocycles. The molecule has 13 heavy (non-hydrogen) atoms. The first-order valence-electron chi connectivity index (χ1n) is 3.87. The highest BCUT2D eigenvalue weighted by Gasteiger charge is 2.08. The zero-order chi connectivity index (χ0) is 9.26. The fourth-order valence-corrected chi connectivity index (χ4v) is 1.97. The predicted molar refractivity (Wildman–Crippen MR) is 52.0 cm³/mol. The minimum Gasteiger partial charge on any atom is -0.407 e. The maximum atomic E-state index is 5.52. The molecule has 5 heteroatoms. The summed E-state index contributed by atoms with van der Waals surface area (Å²) in [5, 5.41) is 7.46. The Labute approximate surface area is 84.4 Å². The van der Waals surface area contributed by atoms with Gasteiger partial charge in [-0.3, -0.25) is 0 Å². The van der Waals surface area contributed by atoms with Gasteiger partial charge in [0.05, 0.1) is 4.88 Å². The number of thiophene rings is 1. The van der Waals surface area contributed by atoms with Crippen LogP contribution in [0.5, 0.6) is 0 Å². The Kier molecular flexibility index (Phi) is 2.33. The zero-order valence-corrected chi connectivity index (χ0v) is 8.52. The number of hydrogen-bond donors (Lipinski definition) is 0. The molecule has 0 aliphatic carbocycles. The largest absolute Gasteiger partial charge is 0.407 e. The molecule has 2 heterocycles. The third-order valence-electron chi connectivity index (χ3n) is 1.62. The summed E-state index contributed by atoms with van der Waals surface area (Å²) in [6, 6.07) is 4.02. The van der Waals surface area contributed by atoms with Gasteiger partial charge in [0.2, 0.25) is 0 Å². The highest BCUT2D eigenvalue weighted by molar-refractivity contribution is 7.15. The quantitative estimate of drug-likeness (QED) is 0.772. The van der Waals surface area contributed by atoms with E-state index < -0.39 is 0 Å². The van der Waals surface area contributed by atoms with Gasteiger partial charge < -0.3 is 4.42 Å². The van der Waals surface area contributed by atoms with Gasteiger partial charge in [0.25, 0.3) is 5.89 Å². The summed E-state index contributed by atoms with van der Waals surface area (Å²) in [5.41, 5.74) is 0. The van der Waals surface area contributed by atoms with Crippen LogP contribution in [0.2, 0.25) is 5.35 Å². The molecular weight excluding hydrogens is 208 g/mol. The number of nitrogens with zero attached hydrogens (tertiary/aromatic N) is 2. The molecule has 0 amide bonds. The summed E-state index contributed by atoms with van der Waals surface area (Å²) >= 11 is 7.16. The molecule has 0 spiro atoms. The second-order valence-corrected chi connectivity index (χ2v) is 3.97. The summed E-state index contributed by atoms with van der Waals surface area (Å²) in [6.45, 7) is 2.11. The van der Waals surface area contributed by atoms with Crippen molar-refractivity contribution in [1.82, 2.24) is 10.2 Å². The Bertz CT molecular complexity index is 410. The minimum atomic E-state index is 0.0847. The predicted octanol–water partition coefficient (Wildman–Crippen LogP) is 3.01. The topological polar surface area (TPSA) is 38.9 Å². The molecule has 0 atom stereocenters. The molecular formula is C8H7ClN2OS. The highest BCUT2D eigenvalue weighted by Crippen LogP contribution is 2.27. The van der Waals surface area contributed by atoms with Gasteiger partial charge in [0, 0.05) is 4.88 Å². The normalized spacial score (nSPS) is 10.6. The molecule has 0 saturated heterocycles. The number of rotatable bonds is 2. The van der Waals surface area contributed by atoms with Gasteiger partial charge >= 0.3 is 5.35 Å². The van der Waals surface area contributed by atoms with Gasteiger partial charge in [0.15, 0.2) is 0 Å². The van der Waals surface area contributed by atoms with Crippen molar-refractivity contribution in [3.63, 3.8) is 0 Å². The van der Waals surface area contributed by atoms with Crippen molar-refractivity contribution in [3.05, 3.63) is 22.4 Å². The fourth-order valence-electron chi connectivity index (χ4n) is 0.988. The summed E-state index contributed by atoms with van der Waals surface area (Å²) in [7, 11) is 0. The van der Waals surface area contributed by atoms with Gasteiger partial charge in [-0.05, 0) is 30.2 Å². The van der Waals surface area contributed by atoms with Crippen molar-refractivity contribution < 1.29 is 4.42 Å². The fraction of sp³-hybridized carbons (Fsp3) is 0.250. The summed E-state index contributed by atoms with van der Waals surface area (Å²) in [4.78, 5) is 2.26. The zero-order valence-electron chi connectivity index (χ0n) is 6.95. The number of aromatic nitrogens is 2. The standard InChI is InChI=1S/C8H7ClN2OS/c1-2-5-3-4-6(13-5)7-10-11-8(9)12-7/h3-4H,2H2,1H3. The molecule has 0 saturated carbocycles. The minimum absolute atomic E-state index is 0.0847. The molecule has 2 rings (SSSR count). The van der Waals surface area contributed by atoms with E-state index in [1.54, 1.807) is 11.3 Å². The van der Waals surface area contributed by atoms with E-state index in [0.29, 0.717) is 5.89 Å². The molecule has 0 fully saturated rings. The Hall–Kier alpha value is -0.870. The Morgan fingerprint density at radius 2 is 2.31 bits per heavy atom. The molecule has 68 valence electrons. The molecule has 0 radical (unpaired) electrons. The van der Waals surface area contributed by atoms with Crippen LogP contribution in [0.3, 0.4) is 0 Å². The monoisotopic (exact) mass is 214 g/mol. The molecule has 0 aliphatic heterocycles. The van der Waals surface area contributed by atoms with E-state index in [1.807, 2.05) is 6.07 Å². The van der Waals surface area contributed by atoms with Crippen LogP contribution < -0.4 is 0 Å². The lowest BCUT2D eigenvalue weighted by Crippen LogP contribution is -1.70. The highest BCUT2D eigenvalue weighted by atomic mass is 35.5. The first kappa shape index (κ1) is 8.72.